The number of ketones is 1. The van der Waals surface area contributed by atoms with E-state index in [1.807, 2.05) is 0 Å². The molecule has 0 saturated carbocycles. The van der Waals surface area contributed by atoms with Crippen molar-refractivity contribution in [3.8, 4) is 5.75 Å². The maximum absolute atomic E-state index is 13.3. The van der Waals surface area contributed by atoms with Gasteiger partial charge < -0.3 is 29.2 Å². The van der Waals surface area contributed by atoms with Crippen LogP contribution in [0.2, 0.25) is 0 Å². The standard InChI is InChI=1S/C25H31F2N3O7/c1-2-18(21(32)23-28-10-13-36-23)29-22(33)17(20(31)24(34)30-11-14-35-15-12-30)8-5-7-16-6-3-4-9-19(16)37-25(26)27/h3-4,6,9-10,13,17-18,20,25,31H,2,5,7-8,11-12,14-15H2,1H3,(H,29,33)/t17-,18+,20+/m1/s1. The summed E-state index contributed by atoms with van der Waals surface area (Å²) in [6.07, 6.45) is 1.70. The largest absolute Gasteiger partial charge is 0.442 e. The molecular formula is C25H31F2N3O7. The highest BCUT2D eigenvalue weighted by Crippen LogP contribution is 2.24. The lowest BCUT2D eigenvalue weighted by Crippen LogP contribution is -2.52. The van der Waals surface area contributed by atoms with Gasteiger partial charge in [-0.25, -0.2) is 4.98 Å². The Bertz CT molecular complexity index is 1030. The van der Waals surface area contributed by atoms with Crippen LogP contribution in [0.3, 0.4) is 0 Å². The van der Waals surface area contributed by atoms with E-state index in [0.29, 0.717) is 18.8 Å². The Morgan fingerprint density at radius 2 is 1.95 bits per heavy atom. The summed E-state index contributed by atoms with van der Waals surface area (Å²) >= 11 is 0. The first kappa shape index (κ1) is 28.2. The van der Waals surface area contributed by atoms with Crippen molar-refractivity contribution >= 4 is 17.6 Å². The van der Waals surface area contributed by atoms with Crippen molar-refractivity contribution in [3.05, 3.63) is 48.2 Å². The minimum atomic E-state index is -2.99. The molecule has 1 saturated heterocycles. The number of aryl methyl sites for hydroxylation is 1. The van der Waals surface area contributed by atoms with E-state index >= 15 is 0 Å². The van der Waals surface area contributed by atoms with E-state index in [9.17, 15) is 28.3 Å². The fraction of sp³-hybridized carbons (Fsp3) is 0.520. The van der Waals surface area contributed by atoms with Gasteiger partial charge in [0.05, 0.1) is 31.4 Å². The number of para-hydroxylation sites is 1. The van der Waals surface area contributed by atoms with Gasteiger partial charge in [-0.3, -0.25) is 14.4 Å². The van der Waals surface area contributed by atoms with E-state index in [4.69, 9.17) is 9.15 Å². The fourth-order valence-electron chi connectivity index (χ4n) is 4.13. The van der Waals surface area contributed by atoms with Gasteiger partial charge in [-0.1, -0.05) is 25.1 Å². The number of amides is 2. The Labute approximate surface area is 212 Å². The van der Waals surface area contributed by atoms with Gasteiger partial charge in [0.25, 0.3) is 11.8 Å². The highest BCUT2D eigenvalue weighted by atomic mass is 19.3. The first-order valence-electron chi connectivity index (χ1n) is 12.1. The van der Waals surface area contributed by atoms with Crippen LogP contribution in [0.5, 0.6) is 5.75 Å². The second kappa shape index (κ2) is 13.8. The number of morpholine rings is 1. The molecule has 3 rings (SSSR count). The summed E-state index contributed by atoms with van der Waals surface area (Å²) in [7, 11) is 0. The summed E-state index contributed by atoms with van der Waals surface area (Å²) in [5.74, 6) is -3.16. The van der Waals surface area contributed by atoms with Crippen LogP contribution in [0.25, 0.3) is 0 Å². The van der Waals surface area contributed by atoms with Crippen molar-refractivity contribution in [2.24, 2.45) is 5.92 Å². The molecule has 2 heterocycles. The second-order valence-corrected chi connectivity index (χ2v) is 8.54. The van der Waals surface area contributed by atoms with Gasteiger partial charge in [-0.2, -0.15) is 8.78 Å². The van der Waals surface area contributed by atoms with E-state index in [2.05, 4.69) is 15.0 Å². The number of halogens is 2. The quantitative estimate of drug-likeness (QED) is 0.382. The number of Topliss-reactive ketones (excluding diaryl/α,β-unsaturated/α-hetero) is 1. The topological polar surface area (TPSA) is 131 Å². The first-order chi connectivity index (χ1) is 17.8. The molecule has 0 unspecified atom stereocenters. The van der Waals surface area contributed by atoms with Crippen LogP contribution in [-0.2, 0) is 20.7 Å². The van der Waals surface area contributed by atoms with Gasteiger partial charge in [0.2, 0.25) is 11.7 Å². The number of aliphatic hydroxyl groups excluding tert-OH is 1. The molecule has 1 aliphatic rings. The molecule has 2 amide bonds. The van der Waals surface area contributed by atoms with Crippen LogP contribution in [-0.4, -0.2) is 77.6 Å². The number of nitrogens with one attached hydrogen (secondary N) is 1. The van der Waals surface area contributed by atoms with E-state index in [1.165, 1.54) is 23.4 Å². The summed E-state index contributed by atoms with van der Waals surface area (Å²) in [5, 5.41) is 13.6. The molecule has 3 atom stereocenters. The molecule has 10 nitrogen and oxygen atoms in total. The van der Waals surface area contributed by atoms with Crippen molar-refractivity contribution in [2.75, 3.05) is 26.3 Å². The van der Waals surface area contributed by atoms with Crippen molar-refractivity contribution in [1.82, 2.24) is 15.2 Å². The van der Waals surface area contributed by atoms with E-state index in [0.717, 1.165) is 0 Å². The summed E-state index contributed by atoms with van der Waals surface area (Å²) in [6, 6.07) is 5.32. The molecule has 1 aromatic heterocycles. The summed E-state index contributed by atoms with van der Waals surface area (Å²) in [4.78, 5) is 44.2. The van der Waals surface area contributed by atoms with Crippen LogP contribution in [0, 0.1) is 5.92 Å². The zero-order chi connectivity index (χ0) is 26.8. The number of alkyl halides is 2. The minimum absolute atomic E-state index is 0.0195. The molecule has 2 aromatic rings. The molecule has 1 aromatic carbocycles. The van der Waals surface area contributed by atoms with Crippen molar-refractivity contribution < 1.29 is 42.2 Å². The maximum atomic E-state index is 13.3. The fourth-order valence-corrected chi connectivity index (χ4v) is 4.13. The van der Waals surface area contributed by atoms with Crippen LogP contribution in [0.4, 0.5) is 8.78 Å². The normalized spacial score (nSPS) is 16.2. The number of hydrogen-bond donors (Lipinski definition) is 2. The van der Waals surface area contributed by atoms with E-state index in [1.54, 1.807) is 25.1 Å². The van der Waals surface area contributed by atoms with Crippen LogP contribution >= 0.6 is 0 Å². The van der Waals surface area contributed by atoms with E-state index < -0.39 is 42.3 Å². The van der Waals surface area contributed by atoms with Gasteiger partial charge >= 0.3 is 6.61 Å². The number of oxazole rings is 1. The number of carbonyl (C=O) groups excluding carboxylic acids is 3. The number of hydrogen-bond acceptors (Lipinski definition) is 8. The molecule has 202 valence electrons. The van der Waals surface area contributed by atoms with Crippen molar-refractivity contribution in [2.45, 2.75) is 51.4 Å². The van der Waals surface area contributed by atoms with Crippen molar-refractivity contribution in [3.63, 3.8) is 0 Å². The Hall–Kier alpha value is -3.38. The number of nitrogens with zero attached hydrogens (tertiary/aromatic N) is 2. The highest BCUT2D eigenvalue weighted by Gasteiger charge is 2.37. The predicted molar refractivity (Wildman–Crippen MR) is 126 cm³/mol. The lowest BCUT2D eigenvalue weighted by atomic mass is 9.91. The molecule has 2 N–H and O–H groups in total. The monoisotopic (exact) mass is 523 g/mol. The summed E-state index contributed by atoms with van der Waals surface area (Å²) < 4.78 is 40.3. The Morgan fingerprint density at radius 1 is 1.22 bits per heavy atom. The molecule has 1 fully saturated rings. The molecule has 37 heavy (non-hydrogen) atoms. The SMILES string of the molecule is CC[C@H](NC(=O)[C@H](CCCc1ccccc1OC(F)F)[C@H](O)C(=O)N1CCOCC1)C(=O)c1ncco1. The zero-order valence-electron chi connectivity index (χ0n) is 20.5. The molecule has 0 bridgehead atoms. The predicted octanol–water partition coefficient (Wildman–Crippen LogP) is 2.21. The van der Waals surface area contributed by atoms with Crippen LogP contribution in [0.15, 0.2) is 41.1 Å². The van der Waals surface area contributed by atoms with E-state index in [-0.39, 0.29) is 50.4 Å². The van der Waals surface area contributed by atoms with Crippen LogP contribution in [0.1, 0.15) is 42.4 Å². The molecule has 0 aliphatic carbocycles. The maximum Gasteiger partial charge on any atom is 0.387 e. The molecule has 12 heteroatoms. The third-order valence-electron chi connectivity index (χ3n) is 6.13. The van der Waals surface area contributed by atoms with Gasteiger partial charge in [-0.05, 0) is 37.3 Å². The van der Waals surface area contributed by atoms with Gasteiger partial charge in [0, 0.05) is 13.1 Å². The number of carbonyl (C=O) groups is 3. The average Bonchev–Trinajstić information content (AvgIpc) is 3.44. The van der Waals surface area contributed by atoms with Gasteiger partial charge in [-0.15, -0.1) is 0 Å². The highest BCUT2D eigenvalue weighted by molar-refractivity contribution is 5.99. The molecule has 0 spiro atoms. The summed E-state index contributed by atoms with van der Waals surface area (Å²) in [5.41, 5.74) is 0.501. The Morgan fingerprint density at radius 3 is 2.59 bits per heavy atom. The van der Waals surface area contributed by atoms with Gasteiger partial charge in [0.1, 0.15) is 18.1 Å². The smallest absolute Gasteiger partial charge is 0.387 e. The first-order valence-corrected chi connectivity index (χ1v) is 12.1. The van der Waals surface area contributed by atoms with Crippen molar-refractivity contribution in [1.29, 1.82) is 0 Å². The number of benzene rings is 1. The number of rotatable bonds is 13. The molecular weight excluding hydrogens is 492 g/mol. The summed E-state index contributed by atoms with van der Waals surface area (Å²) in [6.45, 7) is -0.0981. The Kier molecular flexibility index (Phi) is 10.5. The second-order valence-electron chi connectivity index (χ2n) is 8.54. The number of ether oxygens (including phenoxy) is 2. The minimum Gasteiger partial charge on any atom is -0.442 e. The Balaban J connectivity index is 1.73. The number of aliphatic hydroxyl groups is 1. The molecule has 1 aliphatic heterocycles. The average molecular weight is 524 g/mol. The van der Waals surface area contributed by atoms with Crippen LogP contribution < -0.4 is 10.1 Å². The zero-order valence-corrected chi connectivity index (χ0v) is 20.5. The number of aromatic nitrogens is 1. The third-order valence-corrected chi connectivity index (χ3v) is 6.13. The third kappa shape index (κ3) is 7.80. The van der Waals surface area contributed by atoms with Gasteiger partial charge in [0.15, 0.2) is 0 Å². The lowest BCUT2D eigenvalue weighted by molar-refractivity contribution is -0.151. The lowest BCUT2D eigenvalue weighted by Gasteiger charge is -2.31. The molecule has 0 radical (unpaired) electrons.